The number of aromatic hydroxyl groups is 1. The Morgan fingerprint density at radius 1 is 1.14 bits per heavy atom. The van der Waals surface area contributed by atoms with Gasteiger partial charge in [0.05, 0.1) is 12.1 Å². The average Bonchev–Trinajstić information content (AvgIpc) is 2.72. The van der Waals surface area contributed by atoms with E-state index in [2.05, 4.69) is 0 Å². The van der Waals surface area contributed by atoms with Gasteiger partial charge in [-0.15, -0.1) is 0 Å². The highest BCUT2D eigenvalue weighted by atomic mass is 35.5. The van der Waals surface area contributed by atoms with Gasteiger partial charge >= 0.3 is 5.97 Å². The number of hydrogen-bond acceptors (Lipinski definition) is 5. The molecule has 0 bridgehead atoms. The van der Waals surface area contributed by atoms with Crippen molar-refractivity contribution in [2.45, 2.75) is 6.92 Å². The Bertz CT molecular complexity index is 1190. The molecule has 0 unspecified atom stereocenters. The lowest BCUT2D eigenvalue weighted by molar-refractivity contribution is -0.137. The Hall–Kier alpha value is -3.38. The van der Waals surface area contributed by atoms with Crippen molar-refractivity contribution < 1.29 is 19.4 Å². The van der Waals surface area contributed by atoms with Crippen molar-refractivity contribution in [1.29, 1.82) is 0 Å². The smallest absolute Gasteiger partial charge is 0.342 e. The molecule has 0 radical (unpaired) electrons. The molecule has 3 rings (SSSR count). The van der Waals surface area contributed by atoms with Crippen LogP contribution in [0.3, 0.4) is 0 Å². The fourth-order valence-corrected chi connectivity index (χ4v) is 3.10. The van der Waals surface area contributed by atoms with Crippen molar-refractivity contribution in [2.75, 3.05) is 6.61 Å². The van der Waals surface area contributed by atoms with E-state index in [0.717, 1.165) is 0 Å². The lowest BCUT2D eigenvalue weighted by Crippen LogP contribution is -2.28. The van der Waals surface area contributed by atoms with Gasteiger partial charge in [0.15, 0.2) is 0 Å². The average molecular weight is 412 g/mol. The van der Waals surface area contributed by atoms with E-state index in [4.69, 9.17) is 16.3 Å². The van der Waals surface area contributed by atoms with Gasteiger partial charge in [-0.05, 0) is 42.8 Å². The molecule has 1 N–H and O–H groups in total. The third kappa shape index (κ3) is 3.93. The van der Waals surface area contributed by atoms with Crippen LogP contribution in [0, 0.1) is 0 Å². The molecule has 3 aromatic rings. The molecule has 0 aliphatic carbocycles. The van der Waals surface area contributed by atoms with Gasteiger partial charge in [-0.3, -0.25) is 9.59 Å². The van der Waals surface area contributed by atoms with E-state index >= 15 is 0 Å². The highest BCUT2D eigenvalue weighted by molar-refractivity contribution is 6.30. The molecule has 0 amide bonds. The summed E-state index contributed by atoms with van der Waals surface area (Å²) in [7, 11) is 1.49. The molecule has 2 aromatic carbocycles. The van der Waals surface area contributed by atoms with Crippen LogP contribution in [-0.2, 0) is 16.6 Å². The molecule has 1 heterocycles. The Kier molecular flexibility index (Phi) is 5.84. The fourth-order valence-electron chi connectivity index (χ4n) is 2.97. The minimum absolute atomic E-state index is 0.0474. The van der Waals surface area contributed by atoms with Gasteiger partial charge in [-0.2, -0.15) is 0 Å². The zero-order valence-corrected chi connectivity index (χ0v) is 16.6. The van der Waals surface area contributed by atoms with Gasteiger partial charge in [-0.25, -0.2) is 4.79 Å². The van der Waals surface area contributed by atoms with Crippen LogP contribution in [0.2, 0.25) is 5.02 Å². The van der Waals surface area contributed by atoms with Gasteiger partial charge in [0.2, 0.25) is 5.78 Å². The molecule has 0 saturated carbocycles. The number of nitrogens with zero attached hydrogens (tertiary/aromatic N) is 1. The molecule has 0 spiro atoms. The molecule has 0 saturated heterocycles. The molecule has 148 valence electrons. The number of aromatic nitrogens is 1. The summed E-state index contributed by atoms with van der Waals surface area (Å²) in [4.78, 5) is 38.5. The van der Waals surface area contributed by atoms with Crippen molar-refractivity contribution in [3.05, 3.63) is 80.6 Å². The summed E-state index contributed by atoms with van der Waals surface area (Å²) in [6.07, 6.45) is 1.31. The monoisotopic (exact) mass is 411 g/mol. The molecule has 6 nitrogen and oxygen atoms in total. The van der Waals surface area contributed by atoms with Crippen molar-refractivity contribution in [3.8, 4) is 5.75 Å². The van der Waals surface area contributed by atoms with Gasteiger partial charge in [0.25, 0.3) is 5.56 Å². The molecule has 29 heavy (non-hydrogen) atoms. The summed E-state index contributed by atoms with van der Waals surface area (Å²) in [5.74, 6) is -2.27. The Morgan fingerprint density at radius 3 is 2.45 bits per heavy atom. The van der Waals surface area contributed by atoms with E-state index in [0.29, 0.717) is 21.5 Å². The predicted molar refractivity (Wildman–Crippen MR) is 111 cm³/mol. The molecule has 0 fully saturated rings. The zero-order valence-electron chi connectivity index (χ0n) is 15.8. The maximum atomic E-state index is 13.2. The normalized spacial score (nSPS) is 11.5. The molecule has 0 atom stereocenters. The SMILES string of the molecule is CCOC(=O)C(=Cc1ccc(Cl)cc1)C(=O)c1c(O)c2ccccc2n(C)c1=O. The molecule has 1 aromatic heterocycles. The number of aryl methyl sites for hydroxylation is 1. The van der Waals surface area contributed by atoms with Crippen molar-refractivity contribution in [3.63, 3.8) is 0 Å². The minimum atomic E-state index is -0.915. The Morgan fingerprint density at radius 2 is 1.79 bits per heavy atom. The number of carbonyl (C=O) groups excluding carboxylic acids is 2. The maximum Gasteiger partial charge on any atom is 0.342 e. The summed E-state index contributed by atoms with van der Waals surface area (Å²) in [5, 5.41) is 11.5. The van der Waals surface area contributed by atoms with Crippen LogP contribution >= 0.6 is 11.6 Å². The van der Waals surface area contributed by atoms with Crippen molar-refractivity contribution in [2.24, 2.45) is 7.05 Å². The second-order valence-corrected chi connectivity index (χ2v) is 6.70. The van der Waals surface area contributed by atoms with Crippen LogP contribution in [0.25, 0.3) is 17.0 Å². The first-order chi connectivity index (χ1) is 13.8. The number of ketones is 1. The molecule has 0 aliphatic heterocycles. The number of ether oxygens (including phenoxy) is 1. The number of rotatable bonds is 5. The third-order valence-electron chi connectivity index (χ3n) is 4.42. The summed E-state index contributed by atoms with van der Waals surface area (Å²) in [5.41, 5.74) is -0.581. The summed E-state index contributed by atoms with van der Waals surface area (Å²) in [6.45, 7) is 1.65. The van der Waals surface area contributed by atoms with Crippen LogP contribution in [0.1, 0.15) is 22.8 Å². The zero-order chi connectivity index (χ0) is 21.1. The number of hydrogen-bond donors (Lipinski definition) is 1. The summed E-state index contributed by atoms with van der Waals surface area (Å²) in [6, 6.07) is 13.1. The third-order valence-corrected chi connectivity index (χ3v) is 4.68. The van der Waals surface area contributed by atoms with Gasteiger partial charge in [-0.1, -0.05) is 35.9 Å². The van der Waals surface area contributed by atoms with Gasteiger partial charge in [0.1, 0.15) is 16.9 Å². The second-order valence-electron chi connectivity index (χ2n) is 6.26. The predicted octanol–water partition coefficient (Wildman–Crippen LogP) is 3.73. The highest BCUT2D eigenvalue weighted by Gasteiger charge is 2.28. The highest BCUT2D eigenvalue weighted by Crippen LogP contribution is 2.28. The topological polar surface area (TPSA) is 85.6 Å². The summed E-state index contributed by atoms with van der Waals surface area (Å²) < 4.78 is 6.25. The van der Waals surface area contributed by atoms with E-state index in [1.165, 1.54) is 17.7 Å². The van der Waals surface area contributed by atoms with Crippen LogP contribution in [-0.4, -0.2) is 28.0 Å². The van der Waals surface area contributed by atoms with Crippen molar-refractivity contribution >= 4 is 40.3 Å². The van der Waals surface area contributed by atoms with Crippen molar-refractivity contribution in [1.82, 2.24) is 4.57 Å². The molecular formula is C22H18ClNO5. The Balaban J connectivity index is 2.22. The van der Waals surface area contributed by atoms with Crippen LogP contribution < -0.4 is 5.56 Å². The first-order valence-corrected chi connectivity index (χ1v) is 9.22. The number of carbonyl (C=O) groups is 2. The van der Waals surface area contributed by atoms with Gasteiger partial charge in [0, 0.05) is 17.5 Å². The number of halogens is 1. The second kappa shape index (κ2) is 8.32. The van der Waals surface area contributed by atoms with E-state index in [1.807, 2.05) is 0 Å². The van der Waals surface area contributed by atoms with Crippen LogP contribution in [0.15, 0.2) is 58.9 Å². The fraction of sp³-hybridized carbons (Fsp3) is 0.136. The lowest BCUT2D eigenvalue weighted by atomic mass is 9.99. The quantitative estimate of drug-likeness (QED) is 0.227. The van der Waals surface area contributed by atoms with E-state index in [9.17, 15) is 19.5 Å². The number of fused-ring (bicyclic) bond motifs is 1. The summed E-state index contributed by atoms with van der Waals surface area (Å²) >= 11 is 5.88. The van der Waals surface area contributed by atoms with E-state index in [1.54, 1.807) is 55.5 Å². The van der Waals surface area contributed by atoms with Gasteiger partial charge < -0.3 is 14.4 Å². The number of esters is 1. The standard InChI is InChI=1S/C22H18ClNO5/c1-3-29-22(28)16(12-13-8-10-14(23)11-9-13)20(26)18-19(25)15-6-4-5-7-17(15)24(2)21(18)27/h4-12,25H,3H2,1-2H3. The number of Topliss-reactive ketones (excluding diaryl/α,β-unsaturated/α-hetero) is 1. The van der Waals surface area contributed by atoms with E-state index in [-0.39, 0.29) is 12.2 Å². The molecule has 0 aliphatic rings. The number of benzene rings is 2. The maximum absolute atomic E-state index is 13.2. The number of pyridine rings is 1. The largest absolute Gasteiger partial charge is 0.506 e. The molecule has 7 heteroatoms. The lowest BCUT2D eigenvalue weighted by Gasteiger charge is -2.12. The van der Waals surface area contributed by atoms with Crippen LogP contribution in [0.5, 0.6) is 5.75 Å². The van der Waals surface area contributed by atoms with Crippen LogP contribution in [0.4, 0.5) is 0 Å². The Labute approximate surface area is 171 Å². The first kappa shape index (κ1) is 20.4. The number of para-hydroxylation sites is 1. The first-order valence-electron chi connectivity index (χ1n) is 8.85. The van der Waals surface area contributed by atoms with E-state index < -0.39 is 28.6 Å². The minimum Gasteiger partial charge on any atom is -0.506 e. The molecular weight excluding hydrogens is 394 g/mol.